The number of ether oxygens (including phenoxy) is 1. The molecule has 0 atom stereocenters. The van der Waals surface area contributed by atoms with Crippen LogP contribution in [0, 0.1) is 11.3 Å². The minimum atomic E-state index is -0.898. The first-order valence-electron chi connectivity index (χ1n) is 10.6. The maximum atomic E-state index is 12.9. The Kier molecular flexibility index (Phi) is 7.05. The largest absolute Gasteiger partial charge is 0.459 e. The number of nitrogens with one attached hydrogen (secondary N) is 1. The fourth-order valence-corrected chi connectivity index (χ4v) is 4.18. The van der Waals surface area contributed by atoms with Crippen molar-refractivity contribution in [3.8, 4) is 17.5 Å². The number of pyridine rings is 1. The Balaban J connectivity index is 1.60. The van der Waals surface area contributed by atoms with E-state index in [1.165, 1.54) is 12.1 Å². The number of benzene rings is 1. The highest BCUT2D eigenvalue weighted by molar-refractivity contribution is 6.37. The van der Waals surface area contributed by atoms with Crippen molar-refractivity contribution in [2.75, 3.05) is 11.4 Å². The van der Waals surface area contributed by atoms with Crippen molar-refractivity contribution in [1.82, 2.24) is 19.7 Å². The minimum absolute atomic E-state index is 0.0652. The van der Waals surface area contributed by atoms with Crippen molar-refractivity contribution in [1.29, 1.82) is 5.26 Å². The van der Waals surface area contributed by atoms with Gasteiger partial charge in [-0.15, -0.1) is 5.10 Å². The molecular weight excluding hydrogens is 507 g/mol. The number of allylic oxidation sites excluding steroid dienone is 2. The SMILES string of the molecule is CC1=C(/C=C(\C)Oc2c(Cl)cc(-n3nc(C#N)c(=O)[nH]c3=O)cc2Cl)CCN(c2ccccn2)C1=O. The molecule has 3 aromatic rings. The van der Waals surface area contributed by atoms with Crippen molar-refractivity contribution in [3.63, 3.8) is 0 Å². The second kappa shape index (κ2) is 10.2. The van der Waals surface area contributed by atoms with Crippen LogP contribution in [0.1, 0.15) is 26.0 Å². The lowest BCUT2D eigenvalue weighted by Crippen LogP contribution is -2.37. The Hall–Kier alpha value is -4.20. The first-order chi connectivity index (χ1) is 17.2. The number of hydrogen-bond donors (Lipinski definition) is 1. The average Bonchev–Trinajstić information content (AvgIpc) is 2.85. The van der Waals surface area contributed by atoms with Crippen LogP contribution in [-0.4, -0.2) is 32.2 Å². The molecule has 0 bridgehead atoms. The molecule has 2 aromatic heterocycles. The summed E-state index contributed by atoms with van der Waals surface area (Å²) in [5.74, 6) is 1.01. The van der Waals surface area contributed by atoms with Crippen LogP contribution in [0.25, 0.3) is 5.69 Å². The van der Waals surface area contributed by atoms with Crippen LogP contribution in [0.15, 0.2) is 69.1 Å². The van der Waals surface area contributed by atoms with Crippen molar-refractivity contribution in [3.05, 3.63) is 96.1 Å². The average molecular weight is 525 g/mol. The van der Waals surface area contributed by atoms with Crippen LogP contribution in [0.2, 0.25) is 10.0 Å². The van der Waals surface area contributed by atoms with Gasteiger partial charge in [-0.05, 0) is 56.2 Å². The number of H-pyrrole nitrogens is 1. The Morgan fingerprint density at radius 3 is 2.58 bits per heavy atom. The normalized spacial score (nSPS) is 14.1. The van der Waals surface area contributed by atoms with Gasteiger partial charge in [0.15, 0.2) is 5.75 Å². The molecule has 3 heterocycles. The number of carbonyl (C=O) groups excluding carboxylic acids is 1. The van der Waals surface area contributed by atoms with E-state index in [2.05, 4.69) is 10.1 Å². The van der Waals surface area contributed by atoms with Gasteiger partial charge in [0.05, 0.1) is 15.7 Å². The predicted octanol–water partition coefficient (Wildman–Crippen LogP) is 3.53. The van der Waals surface area contributed by atoms with Crippen LogP contribution in [0.4, 0.5) is 5.82 Å². The summed E-state index contributed by atoms with van der Waals surface area (Å²) in [6.45, 7) is 3.91. The summed E-state index contributed by atoms with van der Waals surface area (Å²) >= 11 is 12.7. The molecule has 12 heteroatoms. The summed E-state index contributed by atoms with van der Waals surface area (Å²) in [5.41, 5.74) is -0.748. The van der Waals surface area contributed by atoms with E-state index in [0.29, 0.717) is 30.1 Å². The zero-order chi connectivity index (χ0) is 26.0. The second-order valence-electron chi connectivity index (χ2n) is 7.77. The number of nitrogens with zero attached hydrogens (tertiary/aromatic N) is 5. The van der Waals surface area contributed by atoms with E-state index in [9.17, 15) is 14.4 Å². The van der Waals surface area contributed by atoms with Crippen LogP contribution < -0.4 is 20.9 Å². The third-order valence-corrected chi connectivity index (χ3v) is 5.94. The molecule has 1 aromatic carbocycles. The van der Waals surface area contributed by atoms with E-state index < -0.39 is 16.9 Å². The first-order valence-corrected chi connectivity index (χ1v) is 11.4. The van der Waals surface area contributed by atoms with E-state index in [4.69, 9.17) is 33.2 Å². The third-order valence-electron chi connectivity index (χ3n) is 5.38. The molecule has 0 radical (unpaired) electrons. The zero-order valence-corrected chi connectivity index (χ0v) is 20.6. The molecule has 1 N–H and O–H groups in total. The number of halogens is 2. The number of anilines is 1. The number of rotatable bonds is 5. The van der Waals surface area contributed by atoms with E-state index in [1.54, 1.807) is 49.2 Å². The molecule has 0 spiro atoms. The van der Waals surface area contributed by atoms with Gasteiger partial charge in [-0.1, -0.05) is 29.3 Å². The summed E-state index contributed by atoms with van der Waals surface area (Å²) in [5, 5.41) is 12.9. The van der Waals surface area contributed by atoms with Gasteiger partial charge in [0.25, 0.3) is 11.5 Å². The molecule has 36 heavy (non-hydrogen) atoms. The molecule has 1 aliphatic heterocycles. The highest BCUT2D eigenvalue weighted by Gasteiger charge is 2.25. The van der Waals surface area contributed by atoms with Crippen molar-refractivity contribution in [2.45, 2.75) is 20.3 Å². The summed E-state index contributed by atoms with van der Waals surface area (Å²) < 4.78 is 6.67. The number of hydrogen-bond acceptors (Lipinski definition) is 7. The fourth-order valence-electron chi connectivity index (χ4n) is 3.62. The molecule has 182 valence electrons. The van der Waals surface area contributed by atoms with Gasteiger partial charge in [0.1, 0.15) is 17.6 Å². The van der Waals surface area contributed by atoms with Crippen LogP contribution in [-0.2, 0) is 4.79 Å². The Morgan fingerprint density at radius 1 is 1.22 bits per heavy atom. The summed E-state index contributed by atoms with van der Waals surface area (Å²) in [4.78, 5) is 44.5. The number of aromatic amines is 1. The molecule has 4 rings (SSSR count). The Labute approximate surface area is 214 Å². The van der Waals surface area contributed by atoms with Gasteiger partial charge in [-0.3, -0.25) is 19.5 Å². The maximum Gasteiger partial charge on any atom is 0.349 e. The highest BCUT2D eigenvalue weighted by atomic mass is 35.5. The van der Waals surface area contributed by atoms with Crippen LogP contribution >= 0.6 is 23.2 Å². The molecule has 10 nitrogen and oxygen atoms in total. The Bertz CT molecular complexity index is 1560. The standard InChI is InChI=1S/C24H18Cl2N6O4/c1-13(9-15-6-8-31(23(34)14(15)2)20-5-3-4-7-28-20)36-21-17(25)10-16(11-18(21)26)32-24(35)29-22(33)19(12-27)30-32/h3-5,7,9-11H,6,8H2,1-2H3,(H,29,33,35)/b13-9+. The van der Waals surface area contributed by atoms with Gasteiger partial charge in [0.2, 0.25) is 5.69 Å². The third kappa shape index (κ3) is 4.93. The minimum Gasteiger partial charge on any atom is -0.459 e. The summed E-state index contributed by atoms with van der Waals surface area (Å²) in [7, 11) is 0. The van der Waals surface area contributed by atoms with E-state index >= 15 is 0 Å². The van der Waals surface area contributed by atoms with Crippen molar-refractivity contribution < 1.29 is 9.53 Å². The van der Waals surface area contributed by atoms with E-state index in [1.807, 2.05) is 11.1 Å². The predicted molar refractivity (Wildman–Crippen MR) is 133 cm³/mol. The van der Waals surface area contributed by atoms with Gasteiger partial charge in [-0.2, -0.15) is 9.94 Å². The first kappa shape index (κ1) is 24.9. The van der Waals surface area contributed by atoms with Crippen molar-refractivity contribution in [2.24, 2.45) is 0 Å². The lowest BCUT2D eigenvalue weighted by atomic mass is 9.99. The number of carbonyl (C=O) groups is 1. The van der Waals surface area contributed by atoms with Crippen LogP contribution in [0.3, 0.4) is 0 Å². The summed E-state index contributed by atoms with van der Waals surface area (Å²) in [6, 6.07) is 9.74. The number of amides is 1. The van der Waals surface area contributed by atoms with E-state index in [-0.39, 0.29) is 27.4 Å². The molecule has 0 aliphatic carbocycles. The Morgan fingerprint density at radius 2 is 1.94 bits per heavy atom. The fraction of sp³-hybridized carbons (Fsp3) is 0.167. The topological polar surface area (TPSA) is 134 Å². The van der Waals surface area contributed by atoms with E-state index in [0.717, 1.165) is 10.3 Å². The summed E-state index contributed by atoms with van der Waals surface area (Å²) in [6.07, 6.45) is 3.98. The van der Waals surface area contributed by atoms with Gasteiger partial charge < -0.3 is 4.74 Å². The smallest absolute Gasteiger partial charge is 0.349 e. The second-order valence-corrected chi connectivity index (χ2v) is 8.59. The molecule has 1 aliphatic rings. The molecule has 0 saturated heterocycles. The lowest BCUT2D eigenvalue weighted by molar-refractivity contribution is -0.115. The van der Waals surface area contributed by atoms with Gasteiger partial charge >= 0.3 is 5.69 Å². The highest BCUT2D eigenvalue weighted by Crippen LogP contribution is 2.36. The monoisotopic (exact) mass is 524 g/mol. The quantitative estimate of drug-likeness (QED) is 0.504. The van der Waals surface area contributed by atoms with Gasteiger partial charge in [-0.25, -0.2) is 9.78 Å². The molecular formula is C24H18Cl2N6O4. The molecule has 0 unspecified atom stereocenters. The number of nitriles is 1. The molecule has 0 saturated carbocycles. The molecule has 0 fully saturated rings. The van der Waals surface area contributed by atoms with Crippen molar-refractivity contribution >= 4 is 34.9 Å². The lowest BCUT2D eigenvalue weighted by Gasteiger charge is -2.27. The molecule has 1 amide bonds. The van der Waals surface area contributed by atoms with Gasteiger partial charge in [0, 0.05) is 18.3 Å². The maximum absolute atomic E-state index is 12.9. The number of aromatic nitrogens is 4. The van der Waals surface area contributed by atoms with Crippen LogP contribution in [0.5, 0.6) is 5.75 Å². The zero-order valence-electron chi connectivity index (χ0n) is 19.1.